The maximum absolute atomic E-state index is 11.4. The number of nitrogens with one attached hydrogen (secondary N) is 1. The van der Waals surface area contributed by atoms with E-state index in [9.17, 15) is 4.79 Å². The van der Waals surface area contributed by atoms with Crippen LogP contribution in [0, 0.1) is 0 Å². The van der Waals surface area contributed by atoms with E-state index in [0.717, 1.165) is 5.56 Å². The van der Waals surface area contributed by atoms with Crippen molar-refractivity contribution < 1.29 is 4.79 Å². The minimum atomic E-state index is -0.585. The number of amides is 1. The fourth-order valence-corrected chi connectivity index (χ4v) is 2.21. The Bertz CT molecular complexity index is 642. The molecule has 20 heavy (non-hydrogen) atoms. The topological polar surface area (TPSA) is 81.1 Å². The highest BCUT2D eigenvalue weighted by molar-refractivity contribution is 6.34. The number of hydrogen-bond acceptors (Lipinski definition) is 3. The van der Waals surface area contributed by atoms with Crippen molar-refractivity contribution >= 4 is 40.5 Å². The highest BCUT2D eigenvalue weighted by atomic mass is 35.5. The molecule has 0 aliphatic carbocycles. The number of rotatable bonds is 4. The van der Waals surface area contributed by atoms with Gasteiger partial charge in [0.05, 0.1) is 16.3 Å². The van der Waals surface area contributed by atoms with Crippen LogP contribution in [0.25, 0.3) is 0 Å². The fraction of sp³-hybridized carbons (Fsp3) is 0.0714. The number of anilines is 2. The molecule has 2 rings (SSSR count). The lowest BCUT2D eigenvalue weighted by atomic mass is 10.1. The van der Waals surface area contributed by atoms with Gasteiger partial charge in [-0.15, -0.1) is 0 Å². The van der Waals surface area contributed by atoms with E-state index in [4.69, 9.17) is 34.7 Å². The maximum Gasteiger partial charge on any atom is 0.250 e. The van der Waals surface area contributed by atoms with Gasteiger partial charge in [-0.3, -0.25) is 4.79 Å². The summed E-state index contributed by atoms with van der Waals surface area (Å²) in [4.78, 5) is 11.4. The predicted molar refractivity (Wildman–Crippen MR) is 83.2 cm³/mol. The molecule has 0 heterocycles. The molecule has 0 unspecified atom stereocenters. The number of hydrogen-bond donors (Lipinski definition) is 3. The van der Waals surface area contributed by atoms with Gasteiger partial charge in [0.2, 0.25) is 0 Å². The molecule has 0 aliphatic rings. The third-order valence-corrected chi connectivity index (χ3v) is 3.31. The molecule has 0 atom stereocenters. The standard InChI is InChI=1S/C14H13Cl2N3O/c15-9-3-1-8(2-4-9)7-19-13-11(14(18)20)5-10(17)6-12(13)16/h1-6,19H,7,17H2,(H2,18,20). The number of nitrogen functional groups attached to an aromatic ring is 1. The normalized spacial score (nSPS) is 10.3. The molecular weight excluding hydrogens is 297 g/mol. The fourth-order valence-electron chi connectivity index (χ4n) is 1.79. The summed E-state index contributed by atoms with van der Waals surface area (Å²) in [6, 6.07) is 10.4. The van der Waals surface area contributed by atoms with E-state index < -0.39 is 5.91 Å². The van der Waals surface area contributed by atoms with Gasteiger partial charge in [0.15, 0.2) is 0 Å². The van der Waals surface area contributed by atoms with Crippen molar-refractivity contribution in [2.45, 2.75) is 6.54 Å². The Morgan fingerprint density at radius 1 is 1.15 bits per heavy atom. The summed E-state index contributed by atoms with van der Waals surface area (Å²) >= 11 is 11.9. The van der Waals surface area contributed by atoms with Crippen LogP contribution in [-0.4, -0.2) is 5.91 Å². The molecule has 0 spiro atoms. The van der Waals surface area contributed by atoms with Crippen LogP contribution in [0.1, 0.15) is 15.9 Å². The van der Waals surface area contributed by atoms with Crippen molar-refractivity contribution in [2.75, 3.05) is 11.1 Å². The molecule has 2 aromatic carbocycles. The number of nitrogens with two attached hydrogens (primary N) is 2. The average molecular weight is 310 g/mol. The Balaban J connectivity index is 2.24. The smallest absolute Gasteiger partial charge is 0.250 e. The van der Waals surface area contributed by atoms with Crippen molar-refractivity contribution in [3.8, 4) is 0 Å². The molecule has 0 radical (unpaired) electrons. The van der Waals surface area contributed by atoms with Gasteiger partial charge in [0.1, 0.15) is 0 Å². The summed E-state index contributed by atoms with van der Waals surface area (Å²) < 4.78 is 0. The Morgan fingerprint density at radius 2 is 1.80 bits per heavy atom. The van der Waals surface area contributed by atoms with Crippen LogP contribution < -0.4 is 16.8 Å². The summed E-state index contributed by atoms with van der Waals surface area (Å²) in [7, 11) is 0. The second-order valence-electron chi connectivity index (χ2n) is 4.27. The van der Waals surface area contributed by atoms with Gasteiger partial charge in [0.25, 0.3) is 5.91 Å². The Morgan fingerprint density at radius 3 is 2.40 bits per heavy atom. The van der Waals surface area contributed by atoms with Gasteiger partial charge in [-0.2, -0.15) is 0 Å². The van der Waals surface area contributed by atoms with Crippen LogP contribution in [0.15, 0.2) is 36.4 Å². The third-order valence-electron chi connectivity index (χ3n) is 2.76. The third kappa shape index (κ3) is 3.35. The molecule has 6 heteroatoms. The van der Waals surface area contributed by atoms with Gasteiger partial charge >= 0.3 is 0 Å². The molecular formula is C14H13Cl2N3O. The number of primary amides is 1. The number of halogens is 2. The van der Waals surface area contributed by atoms with E-state index >= 15 is 0 Å². The quantitative estimate of drug-likeness (QED) is 0.758. The second kappa shape index (κ2) is 6.03. The van der Waals surface area contributed by atoms with Gasteiger partial charge in [-0.05, 0) is 29.8 Å². The van der Waals surface area contributed by atoms with E-state index in [1.54, 1.807) is 18.2 Å². The SMILES string of the molecule is NC(=O)c1cc(N)cc(Cl)c1NCc1ccc(Cl)cc1. The lowest BCUT2D eigenvalue weighted by Crippen LogP contribution is -2.15. The summed E-state index contributed by atoms with van der Waals surface area (Å²) in [5, 5.41) is 4.11. The lowest BCUT2D eigenvalue weighted by Gasteiger charge is -2.13. The summed E-state index contributed by atoms with van der Waals surface area (Å²) in [6.07, 6.45) is 0. The molecule has 1 amide bonds. The predicted octanol–water partition coefficient (Wildman–Crippen LogP) is 3.29. The van der Waals surface area contributed by atoms with Crippen LogP contribution in [0.3, 0.4) is 0 Å². The summed E-state index contributed by atoms with van der Waals surface area (Å²) in [6.45, 7) is 0.487. The summed E-state index contributed by atoms with van der Waals surface area (Å²) in [5.41, 5.74) is 13.1. The summed E-state index contributed by atoms with van der Waals surface area (Å²) in [5.74, 6) is -0.585. The van der Waals surface area contributed by atoms with E-state index in [2.05, 4.69) is 5.32 Å². The molecule has 0 saturated heterocycles. The molecule has 4 nitrogen and oxygen atoms in total. The zero-order valence-corrected chi connectivity index (χ0v) is 12.0. The van der Waals surface area contributed by atoms with E-state index in [-0.39, 0.29) is 5.56 Å². The molecule has 104 valence electrons. The van der Waals surface area contributed by atoms with E-state index in [0.29, 0.717) is 28.0 Å². The second-order valence-corrected chi connectivity index (χ2v) is 5.11. The van der Waals surface area contributed by atoms with Crippen LogP contribution in [-0.2, 0) is 6.54 Å². The van der Waals surface area contributed by atoms with Crippen molar-refractivity contribution in [3.63, 3.8) is 0 Å². The molecule has 0 saturated carbocycles. The van der Waals surface area contributed by atoms with Crippen molar-refractivity contribution in [1.29, 1.82) is 0 Å². The Kier molecular flexibility index (Phi) is 4.37. The maximum atomic E-state index is 11.4. The minimum absolute atomic E-state index is 0.268. The van der Waals surface area contributed by atoms with Crippen LogP contribution >= 0.6 is 23.2 Å². The molecule has 0 aliphatic heterocycles. The highest BCUT2D eigenvalue weighted by Gasteiger charge is 2.13. The van der Waals surface area contributed by atoms with Gasteiger partial charge in [-0.1, -0.05) is 35.3 Å². The monoisotopic (exact) mass is 309 g/mol. The first-order valence-electron chi connectivity index (χ1n) is 5.84. The van der Waals surface area contributed by atoms with Gasteiger partial charge < -0.3 is 16.8 Å². The molecule has 0 bridgehead atoms. The van der Waals surface area contributed by atoms with Crippen LogP contribution in [0.2, 0.25) is 10.0 Å². The number of benzene rings is 2. The molecule has 0 fully saturated rings. The first-order chi connectivity index (χ1) is 9.47. The first-order valence-corrected chi connectivity index (χ1v) is 6.60. The zero-order valence-electron chi connectivity index (χ0n) is 10.5. The largest absolute Gasteiger partial charge is 0.399 e. The Hall–Kier alpha value is -1.91. The number of carbonyl (C=O) groups excluding carboxylic acids is 1. The average Bonchev–Trinajstić information content (AvgIpc) is 2.38. The van der Waals surface area contributed by atoms with Crippen LogP contribution in [0.5, 0.6) is 0 Å². The van der Waals surface area contributed by atoms with E-state index in [1.807, 2.05) is 12.1 Å². The van der Waals surface area contributed by atoms with Crippen molar-refractivity contribution in [2.24, 2.45) is 5.73 Å². The zero-order chi connectivity index (χ0) is 14.7. The Labute approximate surface area is 126 Å². The lowest BCUT2D eigenvalue weighted by molar-refractivity contribution is 0.100. The minimum Gasteiger partial charge on any atom is -0.399 e. The van der Waals surface area contributed by atoms with Crippen molar-refractivity contribution in [3.05, 3.63) is 57.6 Å². The molecule has 5 N–H and O–H groups in total. The highest BCUT2D eigenvalue weighted by Crippen LogP contribution is 2.29. The number of carbonyl (C=O) groups is 1. The van der Waals surface area contributed by atoms with Crippen LogP contribution in [0.4, 0.5) is 11.4 Å². The van der Waals surface area contributed by atoms with Gasteiger partial charge in [0, 0.05) is 17.3 Å². The van der Waals surface area contributed by atoms with Crippen molar-refractivity contribution in [1.82, 2.24) is 0 Å². The van der Waals surface area contributed by atoms with E-state index in [1.165, 1.54) is 6.07 Å². The first kappa shape index (κ1) is 14.5. The molecule has 2 aromatic rings. The van der Waals surface area contributed by atoms with Gasteiger partial charge in [-0.25, -0.2) is 0 Å². The molecule has 0 aromatic heterocycles.